The Kier molecular flexibility index (Phi) is 7.10. The summed E-state index contributed by atoms with van der Waals surface area (Å²) in [4.78, 5) is 29.8. The van der Waals surface area contributed by atoms with Gasteiger partial charge in [-0.1, -0.05) is 19.1 Å². The van der Waals surface area contributed by atoms with Crippen LogP contribution in [0.3, 0.4) is 0 Å². The maximum atomic E-state index is 14.3. The summed E-state index contributed by atoms with van der Waals surface area (Å²) in [5, 5.41) is 0. The second-order valence-corrected chi connectivity index (χ2v) is 9.86. The normalized spacial score (nSPS) is 17.2. The van der Waals surface area contributed by atoms with Crippen LogP contribution in [0.25, 0.3) is 16.7 Å². The van der Waals surface area contributed by atoms with Gasteiger partial charge in [-0.05, 0) is 37.3 Å². The van der Waals surface area contributed by atoms with Crippen LogP contribution in [-0.4, -0.2) is 47.4 Å². The van der Waals surface area contributed by atoms with Crippen LogP contribution < -0.4 is 19.1 Å². The molecule has 3 heterocycles. The smallest absolute Gasteiger partial charge is 0.471 e. The summed E-state index contributed by atoms with van der Waals surface area (Å²) < 4.78 is 80.4. The largest absolute Gasteiger partial charge is 0.489 e. The third-order valence-corrected chi connectivity index (χ3v) is 7.22. The average Bonchev–Trinajstić information content (AvgIpc) is 3.68. The summed E-state index contributed by atoms with van der Waals surface area (Å²) in [5.41, 5.74) is 1.85. The van der Waals surface area contributed by atoms with Crippen molar-refractivity contribution in [3.8, 4) is 23.2 Å². The lowest BCUT2D eigenvalue weighted by Crippen LogP contribution is -2.44. The zero-order valence-electron chi connectivity index (χ0n) is 23.0. The number of rotatable bonds is 7. The number of amides is 1. The first-order valence-electron chi connectivity index (χ1n) is 13.5. The summed E-state index contributed by atoms with van der Waals surface area (Å²) in [6.45, 7) is 3.34. The lowest BCUT2D eigenvalue weighted by Gasteiger charge is -2.29. The second-order valence-electron chi connectivity index (χ2n) is 9.86. The molecule has 1 aromatic heterocycles. The molecule has 9 nitrogen and oxygen atoms in total. The van der Waals surface area contributed by atoms with Crippen LogP contribution in [0.2, 0.25) is 0 Å². The first kappa shape index (κ1) is 28.3. The van der Waals surface area contributed by atoms with Gasteiger partial charge < -0.3 is 18.9 Å². The highest BCUT2D eigenvalue weighted by molar-refractivity contribution is 5.98. The van der Waals surface area contributed by atoms with Gasteiger partial charge in [-0.25, -0.2) is 4.39 Å². The molecule has 0 saturated carbocycles. The van der Waals surface area contributed by atoms with Crippen molar-refractivity contribution in [2.45, 2.75) is 38.6 Å². The van der Waals surface area contributed by atoms with Gasteiger partial charge in [-0.3, -0.25) is 19.1 Å². The van der Waals surface area contributed by atoms with Crippen LogP contribution >= 0.6 is 0 Å². The second kappa shape index (κ2) is 10.8. The molecular formula is C30H25F4N3O6. The van der Waals surface area contributed by atoms with Gasteiger partial charge in [0.25, 0.3) is 0 Å². The molecule has 0 radical (unpaired) electrons. The zero-order valence-corrected chi connectivity index (χ0v) is 23.0. The molecule has 0 saturated heterocycles. The molecule has 0 fully saturated rings. The number of imidazole rings is 1. The van der Waals surface area contributed by atoms with Gasteiger partial charge in [0.05, 0.1) is 29.4 Å². The number of carbonyl (C=O) groups excluding carboxylic acids is 2. The van der Waals surface area contributed by atoms with Crippen LogP contribution in [0, 0.1) is 5.82 Å². The summed E-state index contributed by atoms with van der Waals surface area (Å²) in [6.07, 6.45) is -5.77. The summed E-state index contributed by atoms with van der Waals surface area (Å²) in [6, 6.07) is 11.9. The van der Waals surface area contributed by atoms with Crippen LogP contribution in [0.1, 0.15) is 43.5 Å². The van der Waals surface area contributed by atoms with Crippen molar-refractivity contribution in [3.63, 3.8) is 0 Å². The number of nitrogens with zero attached hydrogens (tertiary/aromatic N) is 3. The van der Waals surface area contributed by atoms with Crippen molar-refractivity contribution in [2.75, 3.05) is 24.7 Å². The van der Waals surface area contributed by atoms with Crippen molar-refractivity contribution in [1.29, 1.82) is 0 Å². The van der Waals surface area contributed by atoms with E-state index in [1.54, 1.807) is 32.0 Å². The van der Waals surface area contributed by atoms with Crippen molar-refractivity contribution in [2.24, 2.45) is 0 Å². The maximum Gasteiger partial charge on any atom is 0.471 e. The minimum absolute atomic E-state index is 0.00189. The number of halogens is 4. The Morgan fingerprint density at radius 1 is 1.05 bits per heavy atom. The molecule has 6 rings (SSSR count). The topological polar surface area (TPSA) is 92.1 Å². The van der Waals surface area contributed by atoms with Crippen LogP contribution in [0.5, 0.6) is 17.5 Å². The Bertz CT molecular complexity index is 1740. The number of anilines is 1. The van der Waals surface area contributed by atoms with E-state index in [0.29, 0.717) is 32.7 Å². The molecule has 0 spiro atoms. The molecule has 13 heteroatoms. The van der Waals surface area contributed by atoms with E-state index in [4.69, 9.17) is 18.9 Å². The Hall–Kier alpha value is -4.81. The molecule has 0 aliphatic carbocycles. The number of benzene rings is 3. The van der Waals surface area contributed by atoms with E-state index in [-0.39, 0.29) is 49.4 Å². The van der Waals surface area contributed by atoms with Gasteiger partial charge in [-0.15, -0.1) is 0 Å². The SMILES string of the molecule is CCOc1nc2ccc(F)cc2n1-c1cccc2c1OC[C@H]2N(C(=O)C(F)(F)F)c1ccc2c(c1)OC[C@H]2OC(=O)CC. The van der Waals surface area contributed by atoms with Crippen molar-refractivity contribution < 1.29 is 46.1 Å². The van der Waals surface area contributed by atoms with Crippen LogP contribution in [-0.2, 0) is 14.3 Å². The maximum absolute atomic E-state index is 14.3. The van der Waals surface area contributed by atoms with E-state index in [9.17, 15) is 27.2 Å². The van der Waals surface area contributed by atoms with Crippen molar-refractivity contribution >= 4 is 28.6 Å². The average molecular weight is 600 g/mol. The monoisotopic (exact) mass is 599 g/mol. The molecule has 0 N–H and O–H groups in total. The molecule has 2 aliphatic heterocycles. The summed E-state index contributed by atoms with van der Waals surface area (Å²) in [5.74, 6) is -2.67. The number of esters is 1. The molecule has 43 heavy (non-hydrogen) atoms. The van der Waals surface area contributed by atoms with Gasteiger partial charge in [0.2, 0.25) is 0 Å². The van der Waals surface area contributed by atoms with Gasteiger partial charge in [-0.2, -0.15) is 18.2 Å². The molecule has 224 valence electrons. The molecule has 0 bridgehead atoms. The Labute approximate surface area is 242 Å². The van der Waals surface area contributed by atoms with Crippen LogP contribution in [0.4, 0.5) is 23.2 Å². The molecule has 1 amide bonds. The minimum Gasteiger partial charge on any atom is -0.489 e. The summed E-state index contributed by atoms with van der Waals surface area (Å²) in [7, 11) is 0. The Morgan fingerprint density at radius 3 is 2.60 bits per heavy atom. The van der Waals surface area contributed by atoms with E-state index in [0.717, 1.165) is 0 Å². The zero-order chi connectivity index (χ0) is 30.5. The van der Waals surface area contributed by atoms with E-state index in [2.05, 4.69) is 4.98 Å². The third-order valence-electron chi connectivity index (χ3n) is 7.22. The number of alkyl halides is 3. The first-order valence-corrected chi connectivity index (χ1v) is 13.5. The highest BCUT2D eigenvalue weighted by Crippen LogP contribution is 2.46. The number of hydrogen-bond acceptors (Lipinski definition) is 7. The molecule has 2 atom stereocenters. The van der Waals surface area contributed by atoms with Gasteiger partial charge in [0.15, 0.2) is 6.10 Å². The van der Waals surface area contributed by atoms with E-state index >= 15 is 0 Å². The Morgan fingerprint density at radius 2 is 1.86 bits per heavy atom. The minimum atomic E-state index is -5.21. The number of fused-ring (bicyclic) bond motifs is 3. The number of hydrogen-bond donors (Lipinski definition) is 0. The quantitative estimate of drug-likeness (QED) is 0.191. The first-order chi connectivity index (χ1) is 20.6. The predicted octanol–water partition coefficient (Wildman–Crippen LogP) is 5.98. The number of ether oxygens (including phenoxy) is 4. The predicted molar refractivity (Wildman–Crippen MR) is 145 cm³/mol. The number of para-hydroxylation sites is 1. The van der Waals surface area contributed by atoms with Gasteiger partial charge in [0, 0.05) is 35.4 Å². The molecule has 3 aromatic carbocycles. The van der Waals surface area contributed by atoms with E-state index in [1.165, 1.54) is 41.0 Å². The lowest BCUT2D eigenvalue weighted by molar-refractivity contribution is -0.171. The van der Waals surface area contributed by atoms with E-state index < -0.39 is 36.0 Å². The van der Waals surface area contributed by atoms with Gasteiger partial charge >= 0.3 is 24.1 Å². The number of carbonyl (C=O) groups is 2. The fourth-order valence-electron chi connectivity index (χ4n) is 5.32. The van der Waals surface area contributed by atoms with Crippen molar-refractivity contribution in [1.82, 2.24) is 9.55 Å². The van der Waals surface area contributed by atoms with Crippen molar-refractivity contribution in [3.05, 3.63) is 71.5 Å². The highest BCUT2D eigenvalue weighted by atomic mass is 19.4. The fourth-order valence-corrected chi connectivity index (χ4v) is 5.32. The lowest BCUT2D eigenvalue weighted by atomic mass is 10.0. The van der Waals surface area contributed by atoms with E-state index in [1.807, 2.05) is 0 Å². The molecule has 2 aliphatic rings. The summed E-state index contributed by atoms with van der Waals surface area (Å²) >= 11 is 0. The molecule has 4 aromatic rings. The standard InChI is InChI=1S/C30H25F4N3O6/c1-3-26(38)43-25-15-41-24-13-17(9-10-19(24)25)36(28(39)30(32,33)34)23-14-42-27-18(23)6-5-7-21(27)37-22-12-16(31)8-11-20(22)35-29(37)40-4-2/h5-13,23,25H,3-4,14-15H2,1-2H3/t23-,25-/m1/s1. The highest BCUT2D eigenvalue weighted by Gasteiger charge is 2.48. The fraction of sp³-hybridized carbons (Fsp3) is 0.300. The molecular weight excluding hydrogens is 574 g/mol. The van der Waals surface area contributed by atoms with Gasteiger partial charge in [0.1, 0.15) is 30.5 Å². The molecule has 0 unspecified atom stereocenters. The Balaban J connectivity index is 1.44. The third kappa shape index (κ3) is 4.98. The van der Waals surface area contributed by atoms with Crippen LogP contribution in [0.15, 0.2) is 54.6 Å². The number of aromatic nitrogens is 2.